The highest BCUT2D eigenvalue weighted by atomic mass is 16.5. The Hall–Kier alpha value is -1.39. The fourth-order valence-corrected chi connectivity index (χ4v) is 3.00. The number of amides is 1. The molecular formula is C18H27NO3. The van der Waals surface area contributed by atoms with Gasteiger partial charge in [0.05, 0.1) is 12.1 Å². The molecule has 2 N–H and O–H groups in total. The normalized spacial score (nSPS) is 19.4. The largest absolute Gasteiger partial charge is 0.388 e. The SMILES string of the molecule is COCC(=O)NC1CCCc2ccc(C(O)C(C)(C)C)cc21. The molecule has 0 spiro atoms. The van der Waals surface area contributed by atoms with E-state index in [9.17, 15) is 9.90 Å². The van der Waals surface area contributed by atoms with Crippen LogP contribution in [0.25, 0.3) is 0 Å². The lowest BCUT2D eigenvalue weighted by Gasteiger charge is -2.30. The molecule has 0 radical (unpaired) electrons. The van der Waals surface area contributed by atoms with E-state index in [1.165, 1.54) is 12.7 Å². The lowest BCUT2D eigenvalue weighted by molar-refractivity contribution is -0.125. The van der Waals surface area contributed by atoms with E-state index in [0.717, 1.165) is 30.4 Å². The smallest absolute Gasteiger partial charge is 0.246 e. The minimum absolute atomic E-state index is 0.0125. The maximum atomic E-state index is 11.8. The molecule has 0 fully saturated rings. The number of carbonyl (C=O) groups excluding carboxylic acids is 1. The van der Waals surface area contributed by atoms with Gasteiger partial charge in [0.2, 0.25) is 5.91 Å². The van der Waals surface area contributed by atoms with Crippen molar-refractivity contribution in [1.29, 1.82) is 0 Å². The van der Waals surface area contributed by atoms with Crippen molar-refractivity contribution in [2.45, 2.75) is 52.2 Å². The standard InChI is InChI=1S/C18H27NO3/c1-18(2,3)17(21)13-9-8-12-6-5-7-15(14(12)10-13)19-16(20)11-22-4/h8-10,15,17,21H,5-7,11H2,1-4H3,(H,19,20). The number of nitrogens with one attached hydrogen (secondary N) is 1. The number of aryl methyl sites for hydroxylation is 1. The third-order valence-electron chi connectivity index (χ3n) is 4.23. The zero-order valence-electron chi connectivity index (χ0n) is 14.0. The Labute approximate surface area is 132 Å². The molecule has 1 aliphatic rings. The molecule has 1 amide bonds. The zero-order chi connectivity index (χ0) is 16.3. The van der Waals surface area contributed by atoms with Gasteiger partial charge < -0.3 is 15.2 Å². The fraction of sp³-hybridized carbons (Fsp3) is 0.611. The van der Waals surface area contributed by atoms with Gasteiger partial charge in [-0.1, -0.05) is 39.0 Å². The summed E-state index contributed by atoms with van der Waals surface area (Å²) in [7, 11) is 1.52. The van der Waals surface area contributed by atoms with Crippen molar-refractivity contribution in [3.05, 3.63) is 34.9 Å². The fourth-order valence-electron chi connectivity index (χ4n) is 3.00. The molecule has 1 aromatic rings. The number of methoxy groups -OCH3 is 1. The average Bonchev–Trinajstić information content (AvgIpc) is 2.45. The van der Waals surface area contributed by atoms with Crippen LogP contribution in [-0.4, -0.2) is 24.7 Å². The zero-order valence-corrected chi connectivity index (χ0v) is 14.0. The van der Waals surface area contributed by atoms with Crippen molar-refractivity contribution in [3.63, 3.8) is 0 Å². The summed E-state index contributed by atoms with van der Waals surface area (Å²) >= 11 is 0. The highest BCUT2D eigenvalue weighted by Crippen LogP contribution is 2.36. The number of hydrogen-bond donors (Lipinski definition) is 2. The molecule has 2 rings (SSSR count). The van der Waals surface area contributed by atoms with Crippen LogP contribution in [0.2, 0.25) is 0 Å². The summed E-state index contributed by atoms with van der Waals surface area (Å²) in [5.74, 6) is -0.0953. The van der Waals surface area contributed by atoms with E-state index in [1.807, 2.05) is 26.8 Å². The lowest BCUT2D eigenvalue weighted by atomic mass is 9.81. The first-order chi connectivity index (χ1) is 10.3. The summed E-state index contributed by atoms with van der Waals surface area (Å²) in [5, 5.41) is 13.5. The van der Waals surface area contributed by atoms with Crippen molar-refractivity contribution < 1.29 is 14.6 Å². The molecule has 1 aromatic carbocycles. The Bertz CT molecular complexity index is 534. The number of ether oxygens (including phenoxy) is 1. The summed E-state index contributed by atoms with van der Waals surface area (Å²) in [5.41, 5.74) is 3.10. The van der Waals surface area contributed by atoms with E-state index in [4.69, 9.17) is 4.74 Å². The van der Waals surface area contributed by atoms with Crippen LogP contribution in [0.1, 0.15) is 62.4 Å². The number of rotatable bonds is 4. The first-order valence-electron chi connectivity index (χ1n) is 7.92. The molecule has 4 heteroatoms. The molecule has 0 saturated heterocycles. The minimum Gasteiger partial charge on any atom is -0.388 e. The molecule has 122 valence electrons. The average molecular weight is 305 g/mol. The second-order valence-electron chi connectivity index (χ2n) is 7.17. The Morgan fingerprint density at radius 2 is 2.18 bits per heavy atom. The van der Waals surface area contributed by atoms with Crippen LogP contribution in [0.4, 0.5) is 0 Å². The van der Waals surface area contributed by atoms with Gasteiger partial charge in [0, 0.05) is 7.11 Å². The van der Waals surface area contributed by atoms with E-state index in [1.54, 1.807) is 0 Å². The van der Waals surface area contributed by atoms with Gasteiger partial charge >= 0.3 is 0 Å². The summed E-state index contributed by atoms with van der Waals surface area (Å²) in [6.07, 6.45) is 2.50. The highest BCUT2D eigenvalue weighted by Gasteiger charge is 2.27. The van der Waals surface area contributed by atoms with Gasteiger partial charge in [0.1, 0.15) is 6.61 Å². The van der Waals surface area contributed by atoms with Gasteiger partial charge in [0.25, 0.3) is 0 Å². The number of aliphatic hydroxyl groups is 1. The van der Waals surface area contributed by atoms with Crippen LogP contribution in [0, 0.1) is 5.41 Å². The summed E-state index contributed by atoms with van der Waals surface area (Å²) < 4.78 is 4.89. The molecule has 0 aliphatic heterocycles. The van der Waals surface area contributed by atoms with E-state index in [0.29, 0.717) is 0 Å². The van der Waals surface area contributed by atoms with Crippen LogP contribution < -0.4 is 5.32 Å². The number of aliphatic hydroxyl groups excluding tert-OH is 1. The summed E-state index contributed by atoms with van der Waals surface area (Å²) in [6, 6.07) is 6.17. The second-order valence-corrected chi connectivity index (χ2v) is 7.17. The molecule has 0 aromatic heterocycles. The Morgan fingerprint density at radius 1 is 1.45 bits per heavy atom. The molecule has 0 saturated carbocycles. The van der Waals surface area contributed by atoms with Crippen molar-refractivity contribution in [2.24, 2.45) is 5.41 Å². The van der Waals surface area contributed by atoms with Crippen molar-refractivity contribution in [2.75, 3.05) is 13.7 Å². The minimum atomic E-state index is -0.518. The van der Waals surface area contributed by atoms with E-state index in [-0.39, 0.29) is 24.0 Å². The van der Waals surface area contributed by atoms with Crippen molar-refractivity contribution in [1.82, 2.24) is 5.32 Å². The van der Waals surface area contributed by atoms with E-state index < -0.39 is 6.10 Å². The van der Waals surface area contributed by atoms with E-state index >= 15 is 0 Å². The maximum Gasteiger partial charge on any atom is 0.246 e. The number of carbonyl (C=O) groups is 1. The summed E-state index contributed by atoms with van der Waals surface area (Å²) in [6.45, 7) is 6.15. The maximum absolute atomic E-state index is 11.8. The number of benzene rings is 1. The van der Waals surface area contributed by atoms with Gasteiger partial charge in [0.15, 0.2) is 0 Å². The van der Waals surface area contributed by atoms with Gasteiger partial charge in [-0.3, -0.25) is 4.79 Å². The Kier molecular flexibility index (Phi) is 5.24. The molecule has 0 heterocycles. The lowest BCUT2D eigenvalue weighted by Crippen LogP contribution is -2.33. The van der Waals surface area contributed by atoms with Crippen LogP contribution in [-0.2, 0) is 16.0 Å². The predicted octanol–water partition coefficient (Wildman–Crippen LogP) is 2.91. The molecule has 22 heavy (non-hydrogen) atoms. The van der Waals surface area contributed by atoms with E-state index in [2.05, 4.69) is 17.4 Å². The molecular weight excluding hydrogens is 278 g/mol. The van der Waals surface area contributed by atoms with Crippen LogP contribution in [0.15, 0.2) is 18.2 Å². The first kappa shape index (κ1) is 17.0. The number of fused-ring (bicyclic) bond motifs is 1. The molecule has 0 bridgehead atoms. The molecule has 2 atom stereocenters. The third kappa shape index (κ3) is 3.87. The Morgan fingerprint density at radius 3 is 2.82 bits per heavy atom. The van der Waals surface area contributed by atoms with Crippen LogP contribution in [0.3, 0.4) is 0 Å². The van der Waals surface area contributed by atoms with Crippen molar-refractivity contribution >= 4 is 5.91 Å². The molecule has 2 unspecified atom stereocenters. The quantitative estimate of drug-likeness (QED) is 0.899. The monoisotopic (exact) mass is 305 g/mol. The molecule has 1 aliphatic carbocycles. The highest BCUT2D eigenvalue weighted by molar-refractivity contribution is 5.77. The van der Waals surface area contributed by atoms with Crippen LogP contribution >= 0.6 is 0 Å². The van der Waals surface area contributed by atoms with Gasteiger partial charge in [-0.05, 0) is 41.4 Å². The predicted molar refractivity (Wildman–Crippen MR) is 86.6 cm³/mol. The van der Waals surface area contributed by atoms with Gasteiger partial charge in [-0.2, -0.15) is 0 Å². The van der Waals surface area contributed by atoms with Crippen LogP contribution in [0.5, 0.6) is 0 Å². The second kappa shape index (κ2) is 6.80. The number of hydrogen-bond acceptors (Lipinski definition) is 3. The van der Waals surface area contributed by atoms with Crippen molar-refractivity contribution in [3.8, 4) is 0 Å². The third-order valence-corrected chi connectivity index (χ3v) is 4.23. The van der Waals surface area contributed by atoms with Gasteiger partial charge in [-0.15, -0.1) is 0 Å². The first-order valence-corrected chi connectivity index (χ1v) is 7.92. The Balaban J connectivity index is 2.26. The van der Waals surface area contributed by atoms with Gasteiger partial charge in [-0.25, -0.2) is 0 Å². The topological polar surface area (TPSA) is 58.6 Å². The molecule has 4 nitrogen and oxygen atoms in total. The summed E-state index contributed by atoms with van der Waals surface area (Å²) in [4.78, 5) is 11.8.